The molecule has 3 rings (SSSR count). The molecule has 4 heteroatoms. The summed E-state index contributed by atoms with van der Waals surface area (Å²) >= 11 is 1.73. The van der Waals surface area contributed by atoms with Crippen LogP contribution in [0, 0.1) is 13.8 Å². The van der Waals surface area contributed by atoms with Gasteiger partial charge < -0.3 is 4.57 Å². The second kappa shape index (κ2) is 6.55. The summed E-state index contributed by atoms with van der Waals surface area (Å²) in [7, 11) is 0. The Balaban J connectivity index is 1.83. The highest BCUT2D eigenvalue weighted by molar-refractivity contribution is 8.00. The van der Waals surface area contributed by atoms with E-state index >= 15 is 0 Å². The topological polar surface area (TPSA) is 34.9 Å². The molecule has 0 aliphatic heterocycles. The average molecular weight is 306 g/mol. The Morgan fingerprint density at radius 3 is 2.48 bits per heavy atom. The second-order valence-electron chi connectivity index (χ2n) is 6.55. The zero-order valence-electron chi connectivity index (χ0n) is 13.2. The minimum atomic E-state index is 0.141. The van der Waals surface area contributed by atoms with Crippen molar-refractivity contribution in [1.82, 2.24) is 9.55 Å². The van der Waals surface area contributed by atoms with Gasteiger partial charge in [0.2, 0.25) is 0 Å². The molecule has 1 unspecified atom stereocenters. The molecule has 116 valence electrons. The van der Waals surface area contributed by atoms with E-state index in [0.29, 0.717) is 11.8 Å². The van der Waals surface area contributed by atoms with E-state index in [2.05, 4.69) is 18.4 Å². The van der Waals surface area contributed by atoms with Gasteiger partial charge in [-0.05, 0) is 39.5 Å². The summed E-state index contributed by atoms with van der Waals surface area (Å²) in [5, 5.41) is 1.24. The number of aromatic nitrogens is 2. The molecule has 2 aliphatic carbocycles. The lowest BCUT2D eigenvalue weighted by Gasteiger charge is -2.27. The lowest BCUT2D eigenvalue weighted by Crippen LogP contribution is -2.23. The largest absolute Gasteiger partial charge is 0.320 e. The highest BCUT2D eigenvalue weighted by atomic mass is 32.2. The Morgan fingerprint density at radius 2 is 1.76 bits per heavy atom. The molecule has 0 radical (unpaired) electrons. The number of Topliss-reactive ketones (excluding diaryl/α,β-unsaturated/α-hetero) is 1. The van der Waals surface area contributed by atoms with E-state index in [-0.39, 0.29) is 5.25 Å². The van der Waals surface area contributed by atoms with E-state index in [9.17, 15) is 4.79 Å². The van der Waals surface area contributed by atoms with Gasteiger partial charge in [-0.3, -0.25) is 4.79 Å². The molecule has 0 amide bonds. The van der Waals surface area contributed by atoms with Gasteiger partial charge in [-0.1, -0.05) is 37.4 Å². The van der Waals surface area contributed by atoms with Crippen molar-refractivity contribution < 1.29 is 4.79 Å². The number of imidazole rings is 1. The number of ketones is 1. The van der Waals surface area contributed by atoms with Gasteiger partial charge in [-0.2, -0.15) is 0 Å². The Kier molecular flexibility index (Phi) is 4.72. The van der Waals surface area contributed by atoms with Crippen LogP contribution in [-0.2, 0) is 4.79 Å². The third-order valence-corrected chi connectivity index (χ3v) is 6.32. The zero-order chi connectivity index (χ0) is 14.8. The molecule has 0 spiro atoms. The first-order valence-corrected chi connectivity index (χ1v) is 9.29. The molecule has 3 nitrogen and oxygen atoms in total. The normalized spacial score (nSPS) is 24.5. The fourth-order valence-corrected chi connectivity index (χ4v) is 5.03. The average Bonchev–Trinajstić information content (AvgIpc) is 2.77. The molecule has 0 aromatic carbocycles. The number of nitrogens with zero attached hydrogens (tertiary/aromatic N) is 2. The molecule has 1 aromatic rings. The zero-order valence-corrected chi connectivity index (χ0v) is 14.0. The van der Waals surface area contributed by atoms with E-state index in [1.165, 1.54) is 44.2 Å². The standard InChI is InChI=1S/C17H26N2OS/c1-12-13(2)19(14-8-4-3-5-9-14)17(18-12)21-16-11-7-6-10-15(16)20/h14,16H,3-11H2,1-2H3. The van der Waals surface area contributed by atoms with E-state index in [1.807, 2.05) is 0 Å². The van der Waals surface area contributed by atoms with Crippen molar-refractivity contribution in [3.8, 4) is 0 Å². The maximum Gasteiger partial charge on any atom is 0.169 e. The van der Waals surface area contributed by atoms with Crippen molar-refractivity contribution in [3.05, 3.63) is 11.4 Å². The predicted molar refractivity (Wildman–Crippen MR) is 86.9 cm³/mol. The van der Waals surface area contributed by atoms with Gasteiger partial charge in [0.05, 0.1) is 10.9 Å². The molecular formula is C17H26N2OS. The summed E-state index contributed by atoms with van der Waals surface area (Å²) in [6.45, 7) is 4.28. The fourth-order valence-electron chi connectivity index (χ4n) is 3.65. The number of carbonyl (C=O) groups excluding carboxylic acids is 1. The minimum absolute atomic E-state index is 0.141. The van der Waals surface area contributed by atoms with Gasteiger partial charge in [-0.15, -0.1) is 0 Å². The van der Waals surface area contributed by atoms with Crippen molar-refractivity contribution in [3.63, 3.8) is 0 Å². The van der Waals surface area contributed by atoms with Gasteiger partial charge in [-0.25, -0.2) is 4.98 Å². The third kappa shape index (κ3) is 3.20. The molecule has 2 saturated carbocycles. The van der Waals surface area contributed by atoms with Crippen LogP contribution in [0.25, 0.3) is 0 Å². The van der Waals surface area contributed by atoms with Crippen LogP contribution in [0.15, 0.2) is 5.16 Å². The van der Waals surface area contributed by atoms with Crippen molar-refractivity contribution >= 4 is 17.5 Å². The van der Waals surface area contributed by atoms with Crippen LogP contribution in [-0.4, -0.2) is 20.6 Å². The monoisotopic (exact) mass is 306 g/mol. The summed E-state index contributed by atoms with van der Waals surface area (Å²) in [6, 6.07) is 0.598. The molecule has 1 atom stereocenters. The summed E-state index contributed by atoms with van der Waals surface area (Å²) in [5.74, 6) is 0.430. The SMILES string of the molecule is Cc1nc(SC2CCCCC2=O)n(C2CCCCC2)c1C. The third-order valence-electron chi connectivity index (χ3n) is 5.04. The van der Waals surface area contributed by atoms with Crippen molar-refractivity contribution in [2.45, 2.75) is 88.1 Å². The van der Waals surface area contributed by atoms with Gasteiger partial charge in [0.25, 0.3) is 0 Å². The van der Waals surface area contributed by atoms with Gasteiger partial charge in [0.1, 0.15) is 5.78 Å². The molecule has 0 N–H and O–H groups in total. The van der Waals surface area contributed by atoms with Crippen LogP contribution in [0.5, 0.6) is 0 Å². The Morgan fingerprint density at radius 1 is 1.05 bits per heavy atom. The quantitative estimate of drug-likeness (QED) is 0.818. The summed E-state index contributed by atoms with van der Waals surface area (Å²) in [5.41, 5.74) is 2.43. The minimum Gasteiger partial charge on any atom is -0.320 e. The first kappa shape index (κ1) is 15.1. The molecule has 0 saturated heterocycles. The molecule has 0 bridgehead atoms. The van der Waals surface area contributed by atoms with Crippen LogP contribution >= 0.6 is 11.8 Å². The molecule has 2 fully saturated rings. The van der Waals surface area contributed by atoms with Crippen LogP contribution in [0.1, 0.15) is 75.2 Å². The van der Waals surface area contributed by atoms with Gasteiger partial charge in [0, 0.05) is 18.2 Å². The number of aryl methyl sites for hydroxylation is 1. The Bertz CT molecular complexity index is 517. The molecule has 1 heterocycles. The Labute approximate surface area is 131 Å². The van der Waals surface area contributed by atoms with Crippen molar-refractivity contribution in [1.29, 1.82) is 0 Å². The van der Waals surface area contributed by atoms with E-state index in [4.69, 9.17) is 4.98 Å². The van der Waals surface area contributed by atoms with Gasteiger partial charge >= 0.3 is 0 Å². The lowest BCUT2D eigenvalue weighted by atomic mass is 9.95. The second-order valence-corrected chi connectivity index (χ2v) is 7.72. The highest BCUT2D eigenvalue weighted by Crippen LogP contribution is 2.37. The number of rotatable bonds is 3. The number of thioether (sulfide) groups is 1. The van der Waals surface area contributed by atoms with Gasteiger partial charge in [0.15, 0.2) is 5.16 Å². The lowest BCUT2D eigenvalue weighted by molar-refractivity contribution is -0.119. The number of carbonyl (C=O) groups is 1. The van der Waals surface area contributed by atoms with E-state index in [0.717, 1.165) is 30.1 Å². The number of hydrogen-bond acceptors (Lipinski definition) is 3. The molecule has 2 aliphatic rings. The predicted octanol–water partition coefficient (Wildman–Crippen LogP) is 4.61. The van der Waals surface area contributed by atoms with Crippen LogP contribution in [0.4, 0.5) is 0 Å². The van der Waals surface area contributed by atoms with E-state index < -0.39 is 0 Å². The van der Waals surface area contributed by atoms with Crippen molar-refractivity contribution in [2.24, 2.45) is 0 Å². The first-order chi connectivity index (χ1) is 10.2. The maximum atomic E-state index is 12.1. The summed E-state index contributed by atoms with van der Waals surface area (Å²) in [4.78, 5) is 16.9. The van der Waals surface area contributed by atoms with Crippen LogP contribution in [0.3, 0.4) is 0 Å². The van der Waals surface area contributed by atoms with Crippen LogP contribution in [0.2, 0.25) is 0 Å². The summed E-state index contributed by atoms with van der Waals surface area (Å²) < 4.78 is 2.45. The Hall–Kier alpha value is -0.770. The first-order valence-electron chi connectivity index (χ1n) is 8.41. The van der Waals surface area contributed by atoms with E-state index in [1.54, 1.807) is 11.8 Å². The smallest absolute Gasteiger partial charge is 0.169 e. The maximum absolute atomic E-state index is 12.1. The number of hydrogen-bond donors (Lipinski definition) is 0. The molecule has 1 aromatic heterocycles. The molecule has 21 heavy (non-hydrogen) atoms. The highest BCUT2D eigenvalue weighted by Gasteiger charge is 2.28. The van der Waals surface area contributed by atoms with Crippen molar-refractivity contribution in [2.75, 3.05) is 0 Å². The van der Waals surface area contributed by atoms with Crippen LogP contribution < -0.4 is 0 Å². The fraction of sp³-hybridized carbons (Fsp3) is 0.765. The molecular weight excluding hydrogens is 280 g/mol. The summed E-state index contributed by atoms with van der Waals surface area (Å²) in [6.07, 6.45) is 10.6.